The molecule has 1 aromatic heterocycles. The van der Waals surface area contributed by atoms with Crippen molar-refractivity contribution in [1.29, 1.82) is 0 Å². The number of carboxylic acids is 1. The van der Waals surface area contributed by atoms with E-state index >= 15 is 0 Å². The van der Waals surface area contributed by atoms with Gasteiger partial charge in [0, 0.05) is 12.4 Å². The largest absolute Gasteiger partial charge is 0.476 e. The molecule has 0 aromatic carbocycles. The average molecular weight is 182 g/mol. The summed E-state index contributed by atoms with van der Waals surface area (Å²) in [7, 11) is 0. The second-order valence-electron chi connectivity index (χ2n) is 2.36. The van der Waals surface area contributed by atoms with Crippen molar-refractivity contribution in [3.63, 3.8) is 0 Å². The fourth-order valence-electron chi connectivity index (χ4n) is 0.776. The molecule has 13 heavy (non-hydrogen) atoms. The standard InChI is InChI=1S/C8H10N2O3/c1-2-5-13-7-6(8(11)12)9-3-4-10-7/h3-4H,2,5H2,1H3,(H,11,12). The van der Waals surface area contributed by atoms with Crippen LogP contribution in [-0.4, -0.2) is 27.7 Å². The molecule has 0 spiro atoms. The van der Waals surface area contributed by atoms with E-state index in [-0.39, 0.29) is 11.6 Å². The van der Waals surface area contributed by atoms with Gasteiger partial charge in [-0.25, -0.2) is 14.8 Å². The number of rotatable bonds is 4. The molecular formula is C8H10N2O3. The van der Waals surface area contributed by atoms with Crippen molar-refractivity contribution in [3.05, 3.63) is 18.1 Å². The lowest BCUT2D eigenvalue weighted by molar-refractivity contribution is 0.0684. The van der Waals surface area contributed by atoms with Gasteiger partial charge in [-0.3, -0.25) is 0 Å². The van der Waals surface area contributed by atoms with Crippen LogP contribution in [0.2, 0.25) is 0 Å². The molecule has 0 aliphatic heterocycles. The zero-order valence-electron chi connectivity index (χ0n) is 7.23. The number of hydrogen-bond donors (Lipinski definition) is 1. The van der Waals surface area contributed by atoms with Crippen molar-refractivity contribution in [2.45, 2.75) is 13.3 Å². The first-order valence-electron chi connectivity index (χ1n) is 3.92. The normalized spacial score (nSPS) is 9.62. The molecule has 70 valence electrons. The Kier molecular flexibility index (Phi) is 3.19. The van der Waals surface area contributed by atoms with Crippen LogP contribution in [0.3, 0.4) is 0 Å². The van der Waals surface area contributed by atoms with Crippen LogP contribution < -0.4 is 4.74 Å². The summed E-state index contributed by atoms with van der Waals surface area (Å²) in [5, 5.41) is 8.68. The maximum atomic E-state index is 10.6. The monoisotopic (exact) mass is 182 g/mol. The summed E-state index contributed by atoms with van der Waals surface area (Å²) < 4.78 is 5.09. The van der Waals surface area contributed by atoms with Gasteiger partial charge in [-0.15, -0.1) is 0 Å². The highest BCUT2D eigenvalue weighted by Crippen LogP contribution is 2.10. The SMILES string of the molecule is CCCOc1nccnc1C(=O)O. The van der Waals surface area contributed by atoms with Crippen LogP contribution in [0.4, 0.5) is 0 Å². The van der Waals surface area contributed by atoms with Crippen molar-refractivity contribution < 1.29 is 14.6 Å². The molecule has 0 aliphatic carbocycles. The summed E-state index contributed by atoms with van der Waals surface area (Å²) in [4.78, 5) is 18.0. The molecule has 0 unspecified atom stereocenters. The van der Waals surface area contributed by atoms with Crippen LogP contribution in [0.1, 0.15) is 23.8 Å². The van der Waals surface area contributed by atoms with Gasteiger partial charge in [0.2, 0.25) is 11.6 Å². The second-order valence-corrected chi connectivity index (χ2v) is 2.36. The first-order chi connectivity index (χ1) is 6.25. The van der Waals surface area contributed by atoms with Crippen LogP contribution in [0.25, 0.3) is 0 Å². The van der Waals surface area contributed by atoms with Crippen molar-refractivity contribution in [3.8, 4) is 5.88 Å². The molecular weight excluding hydrogens is 172 g/mol. The highest BCUT2D eigenvalue weighted by atomic mass is 16.5. The first kappa shape index (κ1) is 9.44. The number of aromatic nitrogens is 2. The third kappa shape index (κ3) is 2.40. The van der Waals surface area contributed by atoms with Crippen LogP contribution in [0, 0.1) is 0 Å². The van der Waals surface area contributed by atoms with Crippen molar-refractivity contribution in [2.24, 2.45) is 0 Å². The molecule has 0 amide bonds. The predicted octanol–water partition coefficient (Wildman–Crippen LogP) is 0.964. The van der Waals surface area contributed by atoms with Gasteiger partial charge in [-0.2, -0.15) is 0 Å². The molecule has 0 fully saturated rings. The Labute approximate surface area is 75.4 Å². The lowest BCUT2D eigenvalue weighted by Crippen LogP contribution is -2.07. The van der Waals surface area contributed by atoms with Crippen LogP contribution in [0.15, 0.2) is 12.4 Å². The summed E-state index contributed by atoms with van der Waals surface area (Å²) in [6.45, 7) is 2.37. The quantitative estimate of drug-likeness (QED) is 0.750. The summed E-state index contributed by atoms with van der Waals surface area (Å²) in [6, 6.07) is 0. The van der Waals surface area contributed by atoms with Crippen LogP contribution >= 0.6 is 0 Å². The highest BCUT2D eigenvalue weighted by Gasteiger charge is 2.12. The van der Waals surface area contributed by atoms with Gasteiger partial charge >= 0.3 is 5.97 Å². The number of hydrogen-bond acceptors (Lipinski definition) is 4. The van der Waals surface area contributed by atoms with Crippen molar-refractivity contribution in [1.82, 2.24) is 9.97 Å². The third-order valence-corrected chi connectivity index (χ3v) is 1.31. The van der Waals surface area contributed by atoms with Gasteiger partial charge in [0.1, 0.15) is 0 Å². The highest BCUT2D eigenvalue weighted by molar-refractivity contribution is 5.87. The molecule has 1 rings (SSSR count). The molecule has 0 aliphatic rings. The predicted molar refractivity (Wildman–Crippen MR) is 44.8 cm³/mol. The van der Waals surface area contributed by atoms with E-state index in [1.807, 2.05) is 6.92 Å². The molecule has 0 atom stereocenters. The minimum absolute atomic E-state index is 0.0804. The van der Waals surface area contributed by atoms with Crippen molar-refractivity contribution >= 4 is 5.97 Å². The Hall–Kier alpha value is -1.65. The van der Waals surface area contributed by atoms with Crippen LogP contribution in [0.5, 0.6) is 5.88 Å². The van der Waals surface area contributed by atoms with Crippen LogP contribution in [-0.2, 0) is 0 Å². The van der Waals surface area contributed by atoms with Gasteiger partial charge in [0.15, 0.2) is 0 Å². The lowest BCUT2D eigenvalue weighted by Gasteiger charge is -2.04. The van der Waals surface area contributed by atoms with E-state index in [9.17, 15) is 4.79 Å². The maximum absolute atomic E-state index is 10.6. The van der Waals surface area contributed by atoms with E-state index in [0.29, 0.717) is 6.61 Å². The van der Waals surface area contributed by atoms with E-state index in [4.69, 9.17) is 9.84 Å². The molecule has 1 aromatic rings. The molecule has 0 saturated heterocycles. The van der Waals surface area contributed by atoms with E-state index in [1.54, 1.807) is 0 Å². The second kappa shape index (κ2) is 4.39. The first-order valence-corrected chi connectivity index (χ1v) is 3.92. The maximum Gasteiger partial charge on any atom is 0.360 e. The Bertz CT molecular complexity index is 301. The van der Waals surface area contributed by atoms with Gasteiger partial charge in [0.25, 0.3) is 0 Å². The summed E-state index contributed by atoms with van der Waals surface area (Å²) in [6.07, 6.45) is 3.52. The van der Waals surface area contributed by atoms with Gasteiger partial charge < -0.3 is 9.84 Å². The fraction of sp³-hybridized carbons (Fsp3) is 0.375. The number of ether oxygens (including phenoxy) is 1. The smallest absolute Gasteiger partial charge is 0.360 e. The topological polar surface area (TPSA) is 72.3 Å². The number of nitrogens with zero attached hydrogens (tertiary/aromatic N) is 2. The molecule has 5 nitrogen and oxygen atoms in total. The number of aromatic carboxylic acids is 1. The molecule has 1 heterocycles. The number of carbonyl (C=O) groups is 1. The van der Waals surface area contributed by atoms with E-state index in [2.05, 4.69) is 9.97 Å². The zero-order chi connectivity index (χ0) is 9.68. The minimum Gasteiger partial charge on any atom is -0.476 e. The zero-order valence-corrected chi connectivity index (χ0v) is 7.23. The van der Waals surface area contributed by atoms with E-state index < -0.39 is 5.97 Å². The molecule has 1 N–H and O–H groups in total. The molecule has 0 bridgehead atoms. The van der Waals surface area contributed by atoms with E-state index in [0.717, 1.165) is 6.42 Å². The fourth-order valence-corrected chi connectivity index (χ4v) is 0.776. The molecule has 5 heteroatoms. The Morgan fingerprint density at radius 3 is 2.85 bits per heavy atom. The van der Waals surface area contributed by atoms with E-state index in [1.165, 1.54) is 12.4 Å². The summed E-state index contributed by atoms with van der Waals surface area (Å²) >= 11 is 0. The lowest BCUT2D eigenvalue weighted by atomic mass is 10.4. The van der Waals surface area contributed by atoms with Gasteiger partial charge in [-0.1, -0.05) is 6.92 Å². The Balaban J connectivity index is 2.84. The summed E-state index contributed by atoms with van der Waals surface area (Å²) in [5.41, 5.74) is -0.143. The molecule has 0 radical (unpaired) electrons. The molecule has 0 saturated carbocycles. The van der Waals surface area contributed by atoms with Crippen molar-refractivity contribution in [2.75, 3.05) is 6.61 Å². The Morgan fingerprint density at radius 1 is 1.54 bits per heavy atom. The number of carboxylic acid groups (broad SMARTS) is 1. The Morgan fingerprint density at radius 2 is 2.23 bits per heavy atom. The average Bonchev–Trinajstić information content (AvgIpc) is 2.15. The van der Waals surface area contributed by atoms with Gasteiger partial charge in [0.05, 0.1) is 6.61 Å². The minimum atomic E-state index is -1.13. The van der Waals surface area contributed by atoms with Gasteiger partial charge in [-0.05, 0) is 6.42 Å². The summed E-state index contributed by atoms with van der Waals surface area (Å²) in [5.74, 6) is -1.05. The third-order valence-electron chi connectivity index (χ3n) is 1.31.